The maximum atomic E-state index is 12.5. The van der Waals surface area contributed by atoms with Gasteiger partial charge in [0.05, 0.1) is 19.4 Å². The smallest absolute Gasteiger partial charge is 0.255 e. The quantitative estimate of drug-likeness (QED) is 0.458. The van der Waals surface area contributed by atoms with Crippen molar-refractivity contribution in [3.05, 3.63) is 83.9 Å². The second-order valence-corrected chi connectivity index (χ2v) is 6.91. The summed E-state index contributed by atoms with van der Waals surface area (Å²) in [4.78, 5) is 25.0. The van der Waals surface area contributed by atoms with Crippen LogP contribution in [0.1, 0.15) is 40.5 Å². The van der Waals surface area contributed by atoms with E-state index in [0.717, 1.165) is 18.6 Å². The summed E-state index contributed by atoms with van der Waals surface area (Å²) in [5.41, 5.74) is 2.19. The van der Waals surface area contributed by atoms with E-state index in [1.165, 1.54) is 0 Å². The summed E-state index contributed by atoms with van der Waals surface area (Å²) in [6.07, 6.45) is 2.07. The number of nitrogens with one attached hydrogen (secondary N) is 2. The number of ether oxygens (including phenoxy) is 2. The minimum absolute atomic E-state index is 0.230. The average Bonchev–Trinajstić information content (AvgIpc) is 2.80. The second kappa shape index (κ2) is 10.8. The molecular weight excluding hydrogens is 392 g/mol. The molecule has 31 heavy (non-hydrogen) atoms. The van der Waals surface area contributed by atoms with Crippen LogP contribution in [0.2, 0.25) is 0 Å². The third-order valence-corrected chi connectivity index (χ3v) is 4.64. The van der Waals surface area contributed by atoms with E-state index in [2.05, 4.69) is 17.6 Å². The number of benzene rings is 3. The summed E-state index contributed by atoms with van der Waals surface area (Å²) < 4.78 is 10.9. The van der Waals surface area contributed by atoms with Gasteiger partial charge in [-0.2, -0.15) is 0 Å². The fourth-order valence-corrected chi connectivity index (χ4v) is 2.89. The fraction of sp³-hybridized carbons (Fsp3) is 0.200. The van der Waals surface area contributed by atoms with Gasteiger partial charge in [-0.15, -0.1) is 0 Å². The van der Waals surface area contributed by atoms with E-state index >= 15 is 0 Å². The number of anilines is 2. The number of hydrogen-bond acceptors (Lipinski definition) is 4. The molecule has 6 heteroatoms. The van der Waals surface area contributed by atoms with Crippen LogP contribution in [0, 0.1) is 0 Å². The first-order valence-corrected chi connectivity index (χ1v) is 10.2. The lowest BCUT2D eigenvalue weighted by Crippen LogP contribution is -2.14. The van der Waals surface area contributed by atoms with Gasteiger partial charge in [0, 0.05) is 16.8 Å². The van der Waals surface area contributed by atoms with Gasteiger partial charge >= 0.3 is 0 Å². The minimum Gasteiger partial charge on any atom is -0.495 e. The second-order valence-electron chi connectivity index (χ2n) is 6.91. The molecule has 3 aromatic carbocycles. The highest BCUT2D eigenvalue weighted by Gasteiger charge is 2.11. The third-order valence-electron chi connectivity index (χ3n) is 4.64. The lowest BCUT2D eigenvalue weighted by molar-refractivity contribution is 0.101. The summed E-state index contributed by atoms with van der Waals surface area (Å²) in [7, 11) is 1.55. The molecule has 3 rings (SSSR count). The van der Waals surface area contributed by atoms with Crippen molar-refractivity contribution in [1.29, 1.82) is 0 Å². The highest BCUT2D eigenvalue weighted by atomic mass is 16.5. The topological polar surface area (TPSA) is 76.7 Å². The molecular formula is C25H26N2O4. The third kappa shape index (κ3) is 6.09. The van der Waals surface area contributed by atoms with Crippen molar-refractivity contribution < 1.29 is 19.1 Å². The first-order valence-electron chi connectivity index (χ1n) is 10.2. The van der Waals surface area contributed by atoms with Gasteiger partial charge in [-0.3, -0.25) is 9.59 Å². The molecule has 0 fully saturated rings. The van der Waals surface area contributed by atoms with Crippen LogP contribution in [-0.2, 0) is 0 Å². The first-order chi connectivity index (χ1) is 15.1. The number of para-hydroxylation sites is 2. The summed E-state index contributed by atoms with van der Waals surface area (Å²) in [5, 5.41) is 5.66. The van der Waals surface area contributed by atoms with Gasteiger partial charge in [-0.05, 0) is 67.1 Å². The van der Waals surface area contributed by atoms with E-state index in [0.29, 0.717) is 34.9 Å². The molecule has 0 bridgehead atoms. The van der Waals surface area contributed by atoms with Crippen molar-refractivity contribution in [1.82, 2.24) is 0 Å². The molecule has 0 heterocycles. The first kappa shape index (κ1) is 21.9. The van der Waals surface area contributed by atoms with Gasteiger partial charge in [0.1, 0.15) is 11.5 Å². The molecule has 0 radical (unpaired) electrons. The summed E-state index contributed by atoms with van der Waals surface area (Å²) in [5.74, 6) is 0.837. The number of rotatable bonds is 9. The fourth-order valence-electron chi connectivity index (χ4n) is 2.89. The average molecular weight is 418 g/mol. The Bertz CT molecular complexity index is 1010. The molecule has 0 aliphatic carbocycles. The molecule has 0 saturated heterocycles. The maximum absolute atomic E-state index is 12.5. The molecule has 0 atom stereocenters. The standard InChI is InChI=1S/C25H26N2O4/c1-3-4-17-31-21-15-11-19(12-16-21)24(28)26-20-13-9-18(10-14-20)25(29)27-22-7-5-6-8-23(22)30-2/h5-16H,3-4,17H2,1-2H3,(H,26,28)(H,27,29). The molecule has 0 aromatic heterocycles. The summed E-state index contributed by atoms with van der Waals surface area (Å²) in [6.45, 7) is 2.77. The Kier molecular flexibility index (Phi) is 7.65. The van der Waals surface area contributed by atoms with Gasteiger partial charge < -0.3 is 20.1 Å². The maximum Gasteiger partial charge on any atom is 0.255 e. The number of carbonyl (C=O) groups excluding carboxylic acids is 2. The molecule has 3 aromatic rings. The molecule has 2 amide bonds. The van der Waals surface area contributed by atoms with Crippen LogP contribution in [0.25, 0.3) is 0 Å². The number of amides is 2. The molecule has 0 aliphatic heterocycles. The minimum atomic E-state index is -0.263. The highest BCUT2D eigenvalue weighted by molar-refractivity contribution is 6.06. The van der Waals surface area contributed by atoms with E-state index in [-0.39, 0.29) is 11.8 Å². The number of hydrogen-bond donors (Lipinski definition) is 2. The van der Waals surface area contributed by atoms with Crippen molar-refractivity contribution in [2.45, 2.75) is 19.8 Å². The highest BCUT2D eigenvalue weighted by Crippen LogP contribution is 2.24. The van der Waals surface area contributed by atoms with E-state index in [1.54, 1.807) is 67.8 Å². The Morgan fingerprint density at radius 1 is 0.806 bits per heavy atom. The van der Waals surface area contributed by atoms with Crippen molar-refractivity contribution in [3.8, 4) is 11.5 Å². The lowest BCUT2D eigenvalue weighted by Gasteiger charge is -2.10. The van der Waals surface area contributed by atoms with Crippen LogP contribution >= 0.6 is 0 Å². The number of methoxy groups -OCH3 is 1. The molecule has 0 spiro atoms. The van der Waals surface area contributed by atoms with Crippen LogP contribution < -0.4 is 20.1 Å². The van der Waals surface area contributed by atoms with E-state index in [1.807, 2.05) is 12.1 Å². The zero-order valence-electron chi connectivity index (χ0n) is 17.7. The zero-order valence-corrected chi connectivity index (χ0v) is 17.7. The van der Waals surface area contributed by atoms with Gasteiger partial charge in [-0.1, -0.05) is 25.5 Å². The molecule has 160 valence electrons. The monoisotopic (exact) mass is 418 g/mol. The van der Waals surface area contributed by atoms with Crippen molar-refractivity contribution in [2.24, 2.45) is 0 Å². The van der Waals surface area contributed by atoms with Gasteiger partial charge in [0.25, 0.3) is 11.8 Å². The normalized spacial score (nSPS) is 10.3. The Labute approximate surface area is 182 Å². The van der Waals surface area contributed by atoms with Crippen LogP contribution in [0.5, 0.6) is 11.5 Å². The number of carbonyl (C=O) groups is 2. The van der Waals surface area contributed by atoms with Crippen molar-refractivity contribution in [2.75, 3.05) is 24.4 Å². The predicted molar refractivity (Wildman–Crippen MR) is 122 cm³/mol. The largest absolute Gasteiger partial charge is 0.495 e. The molecule has 0 aliphatic rings. The predicted octanol–water partition coefficient (Wildman–Crippen LogP) is 5.38. The summed E-state index contributed by atoms with van der Waals surface area (Å²) >= 11 is 0. The molecule has 2 N–H and O–H groups in total. The summed E-state index contributed by atoms with van der Waals surface area (Å²) in [6, 6.07) is 20.9. The van der Waals surface area contributed by atoms with Crippen LogP contribution in [0.15, 0.2) is 72.8 Å². The molecule has 0 unspecified atom stereocenters. The van der Waals surface area contributed by atoms with Gasteiger partial charge in [0.15, 0.2) is 0 Å². The van der Waals surface area contributed by atoms with Crippen LogP contribution in [0.3, 0.4) is 0 Å². The van der Waals surface area contributed by atoms with Crippen molar-refractivity contribution in [3.63, 3.8) is 0 Å². The van der Waals surface area contributed by atoms with Crippen LogP contribution in [0.4, 0.5) is 11.4 Å². The van der Waals surface area contributed by atoms with E-state index < -0.39 is 0 Å². The Balaban J connectivity index is 1.58. The molecule has 0 saturated carbocycles. The Morgan fingerprint density at radius 3 is 2.06 bits per heavy atom. The van der Waals surface area contributed by atoms with E-state index in [9.17, 15) is 9.59 Å². The Hall–Kier alpha value is -3.80. The molecule has 6 nitrogen and oxygen atoms in total. The Morgan fingerprint density at radius 2 is 1.42 bits per heavy atom. The number of unbranched alkanes of at least 4 members (excludes halogenated alkanes) is 1. The van der Waals surface area contributed by atoms with Gasteiger partial charge in [-0.25, -0.2) is 0 Å². The van der Waals surface area contributed by atoms with Gasteiger partial charge in [0.2, 0.25) is 0 Å². The zero-order chi connectivity index (χ0) is 22.1. The van der Waals surface area contributed by atoms with Crippen molar-refractivity contribution >= 4 is 23.2 Å². The van der Waals surface area contributed by atoms with E-state index in [4.69, 9.17) is 9.47 Å². The SMILES string of the molecule is CCCCOc1ccc(C(=O)Nc2ccc(C(=O)Nc3ccccc3OC)cc2)cc1. The lowest BCUT2D eigenvalue weighted by atomic mass is 10.1. The van der Waals surface area contributed by atoms with Crippen LogP contribution in [-0.4, -0.2) is 25.5 Å².